The molecule has 10 heteroatoms. The molecule has 1 aliphatic rings. The molecule has 1 saturated heterocycles. The average Bonchev–Trinajstić information content (AvgIpc) is 3.35. The number of carbonyl (C=O) groups excluding carboxylic acids is 2. The lowest BCUT2D eigenvalue weighted by Gasteiger charge is -2.16. The first kappa shape index (κ1) is 21.6. The number of hydrogen-bond donors (Lipinski definition) is 4. The first-order valence-corrected chi connectivity index (χ1v) is 10.9. The van der Waals surface area contributed by atoms with Crippen molar-refractivity contribution in [2.45, 2.75) is 12.8 Å². The van der Waals surface area contributed by atoms with E-state index in [-0.39, 0.29) is 11.9 Å². The van der Waals surface area contributed by atoms with E-state index in [1.807, 2.05) is 30.3 Å². The number of likely N-dealkylation sites (tertiary alicyclic amines) is 1. The van der Waals surface area contributed by atoms with Crippen molar-refractivity contribution >= 4 is 51.0 Å². The van der Waals surface area contributed by atoms with Gasteiger partial charge in [0.2, 0.25) is 5.95 Å². The van der Waals surface area contributed by atoms with E-state index in [0.29, 0.717) is 33.2 Å². The Balaban J connectivity index is 1.40. The molecule has 0 atom stereocenters. The number of benzene rings is 2. The molecule has 4 rings (SSSR count). The number of carbonyl (C=O) groups is 2. The van der Waals surface area contributed by atoms with Crippen LogP contribution in [-0.4, -0.2) is 39.9 Å². The number of nitrogens with one attached hydrogen (secondary N) is 4. The van der Waals surface area contributed by atoms with Gasteiger partial charge in [-0.15, -0.1) is 0 Å². The van der Waals surface area contributed by atoms with Gasteiger partial charge in [-0.3, -0.25) is 15.6 Å². The van der Waals surface area contributed by atoms with Crippen molar-refractivity contribution in [2.75, 3.05) is 29.1 Å². The van der Waals surface area contributed by atoms with Gasteiger partial charge in [-0.2, -0.15) is 4.98 Å². The molecule has 0 radical (unpaired) electrons. The van der Waals surface area contributed by atoms with Crippen LogP contribution in [0.1, 0.15) is 23.2 Å². The van der Waals surface area contributed by atoms with Gasteiger partial charge >= 0.3 is 6.03 Å². The molecule has 3 aromatic rings. The highest BCUT2D eigenvalue weighted by atomic mass is 79.9. The number of rotatable bonds is 6. The predicted molar refractivity (Wildman–Crippen MR) is 127 cm³/mol. The van der Waals surface area contributed by atoms with Gasteiger partial charge in [0, 0.05) is 36.2 Å². The number of aromatic nitrogens is 2. The van der Waals surface area contributed by atoms with Crippen molar-refractivity contribution in [3.63, 3.8) is 0 Å². The molecule has 0 aliphatic carbocycles. The van der Waals surface area contributed by atoms with E-state index in [1.54, 1.807) is 35.4 Å². The highest BCUT2D eigenvalue weighted by Gasteiger charge is 2.17. The van der Waals surface area contributed by atoms with Gasteiger partial charge in [0.15, 0.2) is 5.82 Å². The van der Waals surface area contributed by atoms with Gasteiger partial charge in [-0.25, -0.2) is 9.78 Å². The van der Waals surface area contributed by atoms with E-state index in [4.69, 9.17) is 0 Å². The van der Waals surface area contributed by atoms with E-state index in [1.165, 1.54) is 0 Å². The molecule has 0 saturated carbocycles. The maximum absolute atomic E-state index is 12.3. The lowest BCUT2D eigenvalue weighted by atomic mass is 10.2. The summed E-state index contributed by atoms with van der Waals surface area (Å²) in [5.41, 5.74) is 7.34. The van der Waals surface area contributed by atoms with Crippen LogP contribution >= 0.6 is 15.9 Å². The highest BCUT2D eigenvalue weighted by Crippen LogP contribution is 2.23. The number of hydrogen-bond acceptors (Lipinski definition) is 6. The van der Waals surface area contributed by atoms with Crippen LogP contribution in [0.4, 0.5) is 27.9 Å². The summed E-state index contributed by atoms with van der Waals surface area (Å²) < 4.78 is 0.586. The number of anilines is 4. The van der Waals surface area contributed by atoms with Crippen LogP contribution in [0.2, 0.25) is 0 Å². The molecule has 2 aromatic carbocycles. The van der Waals surface area contributed by atoms with Crippen LogP contribution in [0, 0.1) is 0 Å². The Morgan fingerprint density at radius 2 is 1.72 bits per heavy atom. The smallest absolute Gasteiger partial charge is 0.321 e. The molecule has 4 N–H and O–H groups in total. The molecule has 164 valence electrons. The summed E-state index contributed by atoms with van der Waals surface area (Å²) in [5.74, 6) is 0.435. The Morgan fingerprint density at radius 1 is 0.969 bits per heavy atom. The Morgan fingerprint density at radius 3 is 2.50 bits per heavy atom. The SMILES string of the molecule is O=C(NNc1nc(Nc2cccc(NC(=O)N3CCCC3)c2)ncc1Br)c1ccccc1. The minimum absolute atomic E-state index is 0.0971. The summed E-state index contributed by atoms with van der Waals surface area (Å²) in [6, 6.07) is 16.1. The zero-order chi connectivity index (χ0) is 22.3. The number of amides is 3. The normalized spacial score (nSPS) is 12.8. The summed E-state index contributed by atoms with van der Waals surface area (Å²) in [5, 5.41) is 6.03. The molecule has 9 nitrogen and oxygen atoms in total. The predicted octanol–water partition coefficient (Wildman–Crippen LogP) is 4.37. The molecule has 3 amide bonds. The molecule has 0 spiro atoms. The summed E-state index contributed by atoms with van der Waals surface area (Å²) in [7, 11) is 0. The second-order valence-corrected chi connectivity index (χ2v) is 8.02. The fourth-order valence-electron chi connectivity index (χ4n) is 3.22. The zero-order valence-electron chi connectivity index (χ0n) is 17.1. The van der Waals surface area contributed by atoms with Crippen LogP contribution in [0.15, 0.2) is 65.3 Å². The Labute approximate surface area is 193 Å². The van der Waals surface area contributed by atoms with Crippen LogP contribution in [-0.2, 0) is 0 Å². The second kappa shape index (κ2) is 10.1. The lowest BCUT2D eigenvalue weighted by molar-refractivity contribution is 0.0962. The van der Waals surface area contributed by atoms with Crippen LogP contribution in [0.3, 0.4) is 0 Å². The minimum Gasteiger partial charge on any atom is -0.325 e. The van der Waals surface area contributed by atoms with E-state index in [0.717, 1.165) is 25.9 Å². The van der Waals surface area contributed by atoms with Gasteiger partial charge in [-0.05, 0) is 59.1 Å². The molecule has 2 heterocycles. The Bertz CT molecular complexity index is 1100. The fraction of sp³-hybridized carbons (Fsp3) is 0.182. The lowest BCUT2D eigenvalue weighted by Crippen LogP contribution is -2.32. The second-order valence-electron chi connectivity index (χ2n) is 7.17. The summed E-state index contributed by atoms with van der Waals surface area (Å²) in [4.78, 5) is 35.0. The van der Waals surface area contributed by atoms with Crippen molar-refractivity contribution in [3.05, 3.63) is 70.8 Å². The van der Waals surface area contributed by atoms with E-state index in [2.05, 4.69) is 47.4 Å². The van der Waals surface area contributed by atoms with E-state index in [9.17, 15) is 9.59 Å². The van der Waals surface area contributed by atoms with Crippen molar-refractivity contribution < 1.29 is 9.59 Å². The van der Waals surface area contributed by atoms with E-state index < -0.39 is 0 Å². The number of hydrazine groups is 1. The standard InChI is InChI=1S/C22H22BrN7O2/c23-18-14-24-21(27-19(18)28-29-20(31)15-7-2-1-3-8-15)25-16-9-6-10-17(13-16)26-22(32)30-11-4-5-12-30/h1-3,6-10,13-14H,4-5,11-12H2,(H,26,32)(H,29,31)(H2,24,25,27,28). The van der Waals surface area contributed by atoms with Gasteiger partial charge < -0.3 is 15.5 Å². The largest absolute Gasteiger partial charge is 0.325 e. The summed E-state index contributed by atoms with van der Waals surface area (Å²) in [6.45, 7) is 1.57. The zero-order valence-corrected chi connectivity index (χ0v) is 18.7. The number of nitrogens with zero attached hydrogens (tertiary/aromatic N) is 3. The van der Waals surface area contributed by atoms with Crippen molar-refractivity contribution in [1.29, 1.82) is 0 Å². The van der Waals surface area contributed by atoms with E-state index >= 15 is 0 Å². The molecule has 0 bridgehead atoms. The topological polar surface area (TPSA) is 111 Å². The monoisotopic (exact) mass is 495 g/mol. The van der Waals surface area contributed by atoms with Gasteiger partial charge in [0.05, 0.1) is 4.47 Å². The molecular formula is C22H22BrN7O2. The van der Waals surface area contributed by atoms with Gasteiger partial charge in [0.25, 0.3) is 5.91 Å². The van der Waals surface area contributed by atoms with Crippen LogP contribution in [0.5, 0.6) is 0 Å². The number of halogens is 1. The summed E-state index contributed by atoms with van der Waals surface area (Å²) in [6.07, 6.45) is 3.65. The molecule has 1 aliphatic heterocycles. The highest BCUT2D eigenvalue weighted by molar-refractivity contribution is 9.10. The van der Waals surface area contributed by atoms with Crippen molar-refractivity contribution in [3.8, 4) is 0 Å². The molecule has 1 fully saturated rings. The minimum atomic E-state index is -0.285. The average molecular weight is 496 g/mol. The van der Waals surface area contributed by atoms with Gasteiger partial charge in [-0.1, -0.05) is 24.3 Å². The van der Waals surface area contributed by atoms with Crippen LogP contribution < -0.4 is 21.5 Å². The molecule has 32 heavy (non-hydrogen) atoms. The van der Waals surface area contributed by atoms with Crippen molar-refractivity contribution in [1.82, 2.24) is 20.3 Å². The fourth-order valence-corrected chi connectivity index (χ4v) is 3.51. The first-order valence-electron chi connectivity index (χ1n) is 10.2. The maximum atomic E-state index is 12.3. The molecular weight excluding hydrogens is 474 g/mol. The van der Waals surface area contributed by atoms with Crippen LogP contribution in [0.25, 0.3) is 0 Å². The van der Waals surface area contributed by atoms with Crippen molar-refractivity contribution in [2.24, 2.45) is 0 Å². The summed E-state index contributed by atoms with van der Waals surface area (Å²) >= 11 is 3.37. The quantitative estimate of drug-likeness (QED) is 0.378. The third-order valence-corrected chi connectivity index (χ3v) is 5.42. The van der Waals surface area contributed by atoms with Gasteiger partial charge in [0.1, 0.15) is 0 Å². The third-order valence-electron chi connectivity index (χ3n) is 4.84. The molecule has 1 aromatic heterocycles. The number of urea groups is 1. The molecule has 0 unspecified atom stereocenters. The third kappa shape index (κ3) is 5.52. The Kier molecular flexibility index (Phi) is 6.81. The Hall–Kier alpha value is -3.66. The first-order chi connectivity index (χ1) is 15.6. The maximum Gasteiger partial charge on any atom is 0.321 e.